The molecule has 0 amide bonds. The highest BCUT2D eigenvalue weighted by atomic mass is 16.6. The van der Waals surface area contributed by atoms with Crippen LogP contribution in [0.15, 0.2) is 14.4 Å². The molecule has 0 radical (unpaired) electrons. The number of aromatic nitrogens is 3. The van der Waals surface area contributed by atoms with E-state index in [-0.39, 0.29) is 43.9 Å². The molecule has 0 spiro atoms. The third kappa shape index (κ3) is 4.07. The quantitative estimate of drug-likeness (QED) is 0.359. The van der Waals surface area contributed by atoms with E-state index in [2.05, 4.69) is 0 Å². The SMILES string of the molecule is O=C(Cn1c(=O)n(CC2CO2)c(=O)n(CC2CO2)c1=O)OCC1CCC2OC2C1. The molecule has 5 unspecified atom stereocenters. The fraction of sp³-hybridized carbons (Fsp3) is 0.778. The first-order valence-corrected chi connectivity index (χ1v) is 9.98. The van der Waals surface area contributed by atoms with Crippen molar-refractivity contribution in [3.63, 3.8) is 0 Å². The number of nitrogens with zero attached hydrogens (tertiary/aromatic N) is 3. The molecule has 4 aliphatic rings. The van der Waals surface area contributed by atoms with E-state index in [1.165, 1.54) is 0 Å². The number of hydrogen-bond acceptors (Lipinski definition) is 8. The molecule has 0 bridgehead atoms. The summed E-state index contributed by atoms with van der Waals surface area (Å²) in [5, 5.41) is 0. The van der Waals surface area contributed by atoms with Crippen molar-refractivity contribution in [2.24, 2.45) is 5.92 Å². The second kappa shape index (κ2) is 7.22. The maximum atomic E-state index is 12.7. The van der Waals surface area contributed by atoms with Crippen molar-refractivity contribution >= 4 is 5.97 Å². The first-order chi connectivity index (χ1) is 14.0. The Morgan fingerprint density at radius 2 is 1.48 bits per heavy atom. The van der Waals surface area contributed by atoms with Crippen molar-refractivity contribution < 1.29 is 23.7 Å². The highest BCUT2D eigenvalue weighted by Crippen LogP contribution is 2.39. The number of ether oxygens (including phenoxy) is 4. The maximum Gasteiger partial charge on any atom is 0.336 e. The molecular formula is C18H23N3O8. The van der Waals surface area contributed by atoms with Gasteiger partial charge in [-0.2, -0.15) is 0 Å². The van der Waals surface area contributed by atoms with Gasteiger partial charge in [-0.1, -0.05) is 0 Å². The molecule has 5 atom stereocenters. The Balaban J connectivity index is 1.33. The van der Waals surface area contributed by atoms with Gasteiger partial charge in [0.2, 0.25) is 0 Å². The molecule has 0 N–H and O–H groups in total. The van der Waals surface area contributed by atoms with E-state index in [0.717, 1.165) is 33.0 Å². The van der Waals surface area contributed by atoms with Gasteiger partial charge in [0.25, 0.3) is 0 Å². The molecule has 29 heavy (non-hydrogen) atoms. The molecule has 0 aromatic carbocycles. The smallest absolute Gasteiger partial charge is 0.336 e. The Morgan fingerprint density at radius 1 is 0.897 bits per heavy atom. The van der Waals surface area contributed by atoms with E-state index in [4.69, 9.17) is 18.9 Å². The van der Waals surface area contributed by atoms with Crippen LogP contribution in [0.3, 0.4) is 0 Å². The van der Waals surface area contributed by atoms with Crippen LogP contribution >= 0.6 is 0 Å². The van der Waals surface area contributed by atoms with E-state index in [0.29, 0.717) is 19.3 Å². The minimum atomic E-state index is -0.827. The Kier molecular flexibility index (Phi) is 4.67. The van der Waals surface area contributed by atoms with E-state index >= 15 is 0 Å². The first kappa shape index (κ1) is 18.8. The molecule has 3 saturated heterocycles. The van der Waals surface area contributed by atoms with E-state index < -0.39 is 29.6 Å². The lowest BCUT2D eigenvalue weighted by molar-refractivity contribution is -0.146. The highest BCUT2D eigenvalue weighted by molar-refractivity contribution is 5.69. The third-order valence-corrected chi connectivity index (χ3v) is 5.84. The lowest BCUT2D eigenvalue weighted by atomic mass is 9.90. The molecule has 11 nitrogen and oxygen atoms in total. The predicted octanol–water partition coefficient (Wildman–Crippen LogP) is -1.92. The summed E-state index contributed by atoms with van der Waals surface area (Å²) >= 11 is 0. The summed E-state index contributed by atoms with van der Waals surface area (Å²) < 4.78 is 23.6. The van der Waals surface area contributed by atoms with Gasteiger partial charge in [0.15, 0.2) is 0 Å². The average Bonchev–Trinajstić information content (AvgIpc) is 3.56. The zero-order valence-electron chi connectivity index (χ0n) is 15.9. The van der Waals surface area contributed by atoms with Gasteiger partial charge in [-0.3, -0.25) is 4.79 Å². The fourth-order valence-electron chi connectivity index (χ4n) is 3.91. The maximum absolute atomic E-state index is 12.7. The van der Waals surface area contributed by atoms with Crippen LogP contribution in [0.1, 0.15) is 19.3 Å². The normalized spacial score (nSPS) is 31.8. The predicted molar refractivity (Wildman–Crippen MR) is 95.7 cm³/mol. The monoisotopic (exact) mass is 409 g/mol. The zero-order valence-corrected chi connectivity index (χ0v) is 15.9. The molecular weight excluding hydrogens is 386 g/mol. The molecule has 1 aliphatic carbocycles. The van der Waals surface area contributed by atoms with Gasteiger partial charge in [-0.15, -0.1) is 0 Å². The molecule has 4 heterocycles. The van der Waals surface area contributed by atoms with Crippen LogP contribution in [0.5, 0.6) is 0 Å². The van der Waals surface area contributed by atoms with Gasteiger partial charge in [0, 0.05) is 0 Å². The van der Waals surface area contributed by atoms with Crippen molar-refractivity contribution in [2.45, 2.75) is 63.3 Å². The molecule has 3 aliphatic heterocycles. The van der Waals surface area contributed by atoms with Gasteiger partial charge >= 0.3 is 23.0 Å². The van der Waals surface area contributed by atoms with Crippen LogP contribution < -0.4 is 17.1 Å². The lowest BCUT2D eigenvalue weighted by Gasteiger charge is -2.18. The van der Waals surface area contributed by atoms with Gasteiger partial charge in [-0.05, 0) is 25.2 Å². The second-order valence-electron chi connectivity index (χ2n) is 8.14. The lowest BCUT2D eigenvalue weighted by Crippen LogP contribution is -2.56. The van der Waals surface area contributed by atoms with Crippen molar-refractivity contribution in [1.29, 1.82) is 0 Å². The number of hydrogen-bond donors (Lipinski definition) is 0. The van der Waals surface area contributed by atoms with Crippen LogP contribution in [0.4, 0.5) is 0 Å². The Morgan fingerprint density at radius 3 is 2.03 bits per heavy atom. The number of epoxide rings is 3. The molecule has 4 fully saturated rings. The summed E-state index contributed by atoms with van der Waals surface area (Å²) in [4.78, 5) is 50.4. The summed E-state index contributed by atoms with van der Waals surface area (Å²) in [6, 6.07) is 0. The third-order valence-electron chi connectivity index (χ3n) is 5.84. The van der Waals surface area contributed by atoms with E-state index in [9.17, 15) is 19.2 Å². The van der Waals surface area contributed by atoms with Crippen LogP contribution in [0.2, 0.25) is 0 Å². The highest BCUT2D eigenvalue weighted by Gasteiger charge is 2.44. The molecule has 11 heteroatoms. The molecule has 5 rings (SSSR count). The van der Waals surface area contributed by atoms with E-state index in [1.54, 1.807) is 0 Å². The summed E-state index contributed by atoms with van der Waals surface area (Å²) in [7, 11) is 0. The summed E-state index contributed by atoms with van der Waals surface area (Å²) in [5.41, 5.74) is -2.36. The largest absolute Gasteiger partial charge is 0.464 e. The summed E-state index contributed by atoms with van der Waals surface area (Å²) in [5.74, 6) is -0.450. The van der Waals surface area contributed by atoms with Gasteiger partial charge in [0.1, 0.15) is 6.54 Å². The minimum absolute atomic E-state index is 0.0448. The second-order valence-corrected chi connectivity index (χ2v) is 8.14. The van der Waals surface area contributed by atoms with Crippen molar-refractivity contribution in [2.75, 3.05) is 19.8 Å². The van der Waals surface area contributed by atoms with Gasteiger partial charge in [0.05, 0.1) is 57.3 Å². The summed E-state index contributed by atoms with van der Waals surface area (Å²) in [6.07, 6.45) is 2.93. The standard InChI is InChI=1S/C18H23N3O8/c22-15(28-7-10-1-2-13-14(3-10)29-13)6-21-17(24)19(4-11-8-26-11)16(23)20(18(21)25)5-12-9-27-12/h10-14H,1-9H2. The van der Waals surface area contributed by atoms with Crippen LogP contribution in [-0.4, -0.2) is 63.9 Å². The van der Waals surface area contributed by atoms with Crippen LogP contribution in [0, 0.1) is 5.92 Å². The minimum Gasteiger partial charge on any atom is -0.464 e. The van der Waals surface area contributed by atoms with Crippen LogP contribution in [0.25, 0.3) is 0 Å². The molecule has 1 aromatic rings. The fourth-order valence-corrected chi connectivity index (χ4v) is 3.91. The Labute approximate surface area is 164 Å². The van der Waals surface area contributed by atoms with Gasteiger partial charge in [-0.25, -0.2) is 28.1 Å². The van der Waals surface area contributed by atoms with Crippen molar-refractivity contribution in [1.82, 2.24) is 13.7 Å². The number of rotatable bonds is 8. The zero-order chi connectivity index (χ0) is 20.1. The number of fused-ring (bicyclic) bond motifs is 1. The van der Waals surface area contributed by atoms with E-state index in [1.807, 2.05) is 0 Å². The Hall–Kier alpha value is -2.24. The average molecular weight is 409 g/mol. The number of carbonyl (C=O) groups excluding carboxylic acids is 1. The van der Waals surface area contributed by atoms with Gasteiger partial charge < -0.3 is 18.9 Å². The number of carbonyl (C=O) groups is 1. The molecule has 1 saturated carbocycles. The first-order valence-electron chi connectivity index (χ1n) is 9.98. The van der Waals surface area contributed by atoms with Crippen molar-refractivity contribution in [3.05, 3.63) is 31.5 Å². The number of esters is 1. The Bertz CT molecular complexity index is 934. The van der Waals surface area contributed by atoms with Crippen LogP contribution in [-0.2, 0) is 43.4 Å². The summed E-state index contributed by atoms with van der Waals surface area (Å²) in [6.45, 7) is 0.688. The molecule has 1 aromatic heterocycles. The topological polar surface area (TPSA) is 130 Å². The van der Waals surface area contributed by atoms with Crippen molar-refractivity contribution in [3.8, 4) is 0 Å². The molecule has 158 valence electrons.